The number of nitrogens with one attached hydrogen (secondary N) is 2. The maximum Gasteiger partial charge on any atom is 0.293 e. The van der Waals surface area contributed by atoms with Gasteiger partial charge in [0.15, 0.2) is 0 Å². The third kappa shape index (κ3) is 3.18. The van der Waals surface area contributed by atoms with Crippen LogP contribution in [0.4, 0.5) is 0 Å². The number of rotatable bonds is 6. The molecule has 0 fully saturated rings. The van der Waals surface area contributed by atoms with E-state index in [1.54, 1.807) is 7.11 Å². The molecule has 0 saturated carbocycles. The molecule has 4 rings (SSSR count). The van der Waals surface area contributed by atoms with Crippen LogP contribution in [0.2, 0.25) is 0 Å². The summed E-state index contributed by atoms with van der Waals surface area (Å²) in [5.74, 6) is 0.742. The number of para-hydroxylation sites is 1. The Labute approximate surface area is 157 Å². The molecule has 27 heavy (non-hydrogen) atoms. The van der Waals surface area contributed by atoms with Gasteiger partial charge in [-0.25, -0.2) is 0 Å². The lowest BCUT2D eigenvalue weighted by atomic mass is 9.89. The van der Waals surface area contributed by atoms with Crippen molar-refractivity contribution < 1.29 is 19.4 Å². The number of hydrogen-bond acceptors (Lipinski definition) is 5. The van der Waals surface area contributed by atoms with Crippen LogP contribution in [-0.4, -0.2) is 36.3 Å². The summed E-state index contributed by atoms with van der Waals surface area (Å²) in [6.45, 7) is 0.732. The molecule has 2 aromatic carbocycles. The Kier molecular flexibility index (Phi) is 4.83. The lowest BCUT2D eigenvalue weighted by Crippen LogP contribution is -2.42. The van der Waals surface area contributed by atoms with Crippen molar-refractivity contribution in [1.82, 2.24) is 10.3 Å². The highest BCUT2D eigenvalue weighted by Crippen LogP contribution is 2.38. The highest BCUT2D eigenvalue weighted by Gasteiger charge is 2.32. The highest BCUT2D eigenvalue weighted by atomic mass is 16.5. The highest BCUT2D eigenvalue weighted by molar-refractivity contribution is 5.85. The molecule has 140 valence electrons. The van der Waals surface area contributed by atoms with Gasteiger partial charge in [0.1, 0.15) is 12.4 Å². The van der Waals surface area contributed by atoms with Crippen LogP contribution in [0.3, 0.4) is 0 Å². The van der Waals surface area contributed by atoms with E-state index >= 15 is 0 Å². The molecule has 0 radical (unpaired) electrons. The van der Waals surface area contributed by atoms with Gasteiger partial charge in [-0.2, -0.15) is 0 Å². The summed E-state index contributed by atoms with van der Waals surface area (Å²) in [6, 6.07) is 13.7. The zero-order valence-electron chi connectivity index (χ0n) is 15.1. The second-order valence-corrected chi connectivity index (χ2v) is 6.73. The first-order chi connectivity index (χ1) is 13.2. The Bertz CT molecular complexity index is 966. The summed E-state index contributed by atoms with van der Waals surface area (Å²) < 4.78 is 10.6. The van der Waals surface area contributed by atoms with Gasteiger partial charge >= 0.3 is 0 Å². The van der Waals surface area contributed by atoms with Crippen molar-refractivity contribution in [2.24, 2.45) is 0 Å². The molecule has 3 aromatic rings. The normalized spacial score (nSPS) is 18.9. The number of carbonyl (C=O) groups excluding carboxylic acids is 1. The van der Waals surface area contributed by atoms with Crippen LogP contribution in [-0.2, 0) is 22.6 Å². The number of fused-ring (bicyclic) bond motifs is 3. The second-order valence-electron chi connectivity index (χ2n) is 6.73. The summed E-state index contributed by atoms with van der Waals surface area (Å²) in [7, 11) is 1.64. The van der Waals surface area contributed by atoms with E-state index in [1.807, 2.05) is 30.3 Å². The first-order valence-electron chi connectivity index (χ1n) is 8.93. The molecule has 3 N–H and O–H groups in total. The third-order valence-corrected chi connectivity index (χ3v) is 5.14. The van der Waals surface area contributed by atoms with E-state index in [-0.39, 0.29) is 18.7 Å². The van der Waals surface area contributed by atoms with Crippen LogP contribution in [0.1, 0.15) is 28.4 Å². The average Bonchev–Trinajstić information content (AvgIpc) is 3.09. The van der Waals surface area contributed by atoms with E-state index in [1.165, 1.54) is 10.9 Å². The zero-order chi connectivity index (χ0) is 18.8. The Balaban J connectivity index is 1.86. The number of aliphatic hydroxyl groups is 1. The predicted octanol–water partition coefficient (Wildman–Crippen LogP) is 2.45. The van der Waals surface area contributed by atoms with Gasteiger partial charge in [0.25, 0.3) is 6.47 Å². The van der Waals surface area contributed by atoms with Crippen LogP contribution in [0, 0.1) is 0 Å². The number of ether oxygens (including phenoxy) is 2. The van der Waals surface area contributed by atoms with Crippen molar-refractivity contribution in [2.45, 2.75) is 25.1 Å². The Morgan fingerprint density at radius 1 is 1.26 bits per heavy atom. The van der Waals surface area contributed by atoms with E-state index in [9.17, 15) is 9.90 Å². The molecule has 0 saturated heterocycles. The monoisotopic (exact) mass is 366 g/mol. The fourth-order valence-electron chi connectivity index (χ4n) is 3.93. The number of H-pyrrole nitrogens is 1. The van der Waals surface area contributed by atoms with Gasteiger partial charge in [0.05, 0.1) is 19.8 Å². The largest absolute Gasteiger partial charge is 0.496 e. The van der Waals surface area contributed by atoms with Crippen LogP contribution in [0.5, 0.6) is 5.75 Å². The van der Waals surface area contributed by atoms with Crippen LogP contribution in [0.25, 0.3) is 10.9 Å². The molecule has 2 heterocycles. The molecular formula is C21H22N2O4. The number of carbonyl (C=O) groups is 1. The quantitative estimate of drug-likeness (QED) is 0.584. The van der Waals surface area contributed by atoms with E-state index < -0.39 is 0 Å². The Morgan fingerprint density at radius 2 is 2.11 bits per heavy atom. The lowest BCUT2D eigenvalue weighted by molar-refractivity contribution is -0.129. The first kappa shape index (κ1) is 17.6. The average molecular weight is 366 g/mol. The van der Waals surface area contributed by atoms with Gasteiger partial charge in [0.2, 0.25) is 0 Å². The van der Waals surface area contributed by atoms with E-state index in [4.69, 9.17) is 9.47 Å². The van der Waals surface area contributed by atoms with Gasteiger partial charge in [-0.3, -0.25) is 10.1 Å². The third-order valence-electron chi connectivity index (χ3n) is 5.14. The fourth-order valence-corrected chi connectivity index (χ4v) is 3.93. The van der Waals surface area contributed by atoms with Crippen molar-refractivity contribution >= 4 is 17.4 Å². The summed E-state index contributed by atoms with van der Waals surface area (Å²) in [4.78, 5) is 14.2. The fraction of sp³-hybridized carbons (Fsp3) is 0.286. The van der Waals surface area contributed by atoms with Gasteiger partial charge < -0.3 is 19.6 Å². The first-order valence-corrected chi connectivity index (χ1v) is 8.93. The topological polar surface area (TPSA) is 83.6 Å². The SMILES string of the molecule is COc1ccc(CO)cc1[C@H]1N[C@H](COC=O)Cc2c1[nH]c1ccccc21. The van der Waals surface area contributed by atoms with Gasteiger partial charge in [-0.15, -0.1) is 0 Å². The molecule has 0 unspecified atom stereocenters. The number of benzene rings is 2. The van der Waals surface area contributed by atoms with Gasteiger partial charge in [0, 0.05) is 28.2 Å². The minimum absolute atomic E-state index is 0.0191. The van der Waals surface area contributed by atoms with Crippen molar-refractivity contribution in [1.29, 1.82) is 0 Å². The van der Waals surface area contributed by atoms with Crippen LogP contribution >= 0.6 is 0 Å². The molecule has 1 aliphatic rings. The molecule has 0 spiro atoms. The van der Waals surface area contributed by atoms with E-state index in [0.717, 1.165) is 34.5 Å². The van der Waals surface area contributed by atoms with Crippen molar-refractivity contribution in [2.75, 3.05) is 13.7 Å². The molecule has 0 aliphatic carbocycles. The Hall–Kier alpha value is -2.83. The number of aliphatic hydroxyl groups excluding tert-OH is 1. The summed E-state index contributed by atoms with van der Waals surface area (Å²) in [6.07, 6.45) is 0.756. The van der Waals surface area contributed by atoms with Gasteiger partial charge in [-0.1, -0.05) is 24.3 Å². The van der Waals surface area contributed by atoms with Crippen LogP contribution in [0.15, 0.2) is 42.5 Å². The zero-order valence-corrected chi connectivity index (χ0v) is 15.1. The summed E-state index contributed by atoms with van der Waals surface area (Å²) in [5, 5.41) is 14.3. The molecule has 2 atom stereocenters. The smallest absolute Gasteiger partial charge is 0.293 e. The molecule has 1 aliphatic heterocycles. The molecule has 0 bridgehead atoms. The summed E-state index contributed by atoms with van der Waals surface area (Å²) >= 11 is 0. The van der Waals surface area contributed by atoms with Gasteiger partial charge in [-0.05, 0) is 35.7 Å². The molecule has 1 aromatic heterocycles. The van der Waals surface area contributed by atoms with Crippen molar-refractivity contribution in [3.8, 4) is 5.75 Å². The minimum atomic E-state index is -0.164. The standard InChI is InChI=1S/C21H22N2O4/c1-26-19-7-6-13(10-24)8-17(19)21-20-16(9-14(22-21)11-27-12-25)15-4-2-3-5-18(15)23-20/h2-8,12,14,21-24H,9-11H2,1H3/t14-,21+/m0/s1. The number of aromatic amines is 1. The predicted molar refractivity (Wildman–Crippen MR) is 102 cm³/mol. The Morgan fingerprint density at radius 3 is 2.89 bits per heavy atom. The molecule has 6 heteroatoms. The van der Waals surface area contributed by atoms with Crippen molar-refractivity contribution in [3.05, 3.63) is 64.8 Å². The minimum Gasteiger partial charge on any atom is -0.496 e. The van der Waals surface area contributed by atoms with E-state index in [0.29, 0.717) is 13.1 Å². The molecular weight excluding hydrogens is 344 g/mol. The van der Waals surface area contributed by atoms with E-state index in [2.05, 4.69) is 22.4 Å². The summed E-state index contributed by atoms with van der Waals surface area (Å²) in [5.41, 5.74) is 5.12. The maximum absolute atomic E-state index is 10.7. The van der Waals surface area contributed by atoms with Crippen LogP contribution < -0.4 is 10.1 Å². The second kappa shape index (κ2) is 7.42. The number of aromatic nitrogens is 1. The lowest BCUT2D eigenvalue weighted by Gasteiger charge is -2.32. The van der Waals surface area contributed by atoms with Crippen molar-refractivity contribution in [3.63, 3.8) is 0 Å². The molecule has 0 amide bonds. The maximum atomic E-state index is 10.7. The molecule has 6 nitrogen and oxygen atoms in total. The number of methoxy groups -OCH3 is 1. The number of hydrogen-bond donors (Lipinski definition) is 3.